The van der Waals surface area contributed by atoms with E-state index in [-0.39, 0.29) is 37.1 Å². The molecule has 2 fully saturated rings. The number of ether oxygens (including phenoxy) is 1. The number of likely N-dealkylation sites (N-methyl/N-ethyl adjacent to an activating group) is 2. The first-order chi connectivity index (χ1) is 19.6. The standard InChI is InChI=1S/C30H51N5O7/c1-10-19(6)24-29(40)34(9)25(18(4)5)30(41)33(8)20(7)26(37)31-14-13-23(36)42-22(16-17(2)3)28(39)35-15-11-12-21(35)27(38)32-24/h17-22,24-25H,10-16H2,1-9H3,(H,31,37)(H,32,38)/t19-,20-,21-,22+,24-,25-/m0/s1. The molecule has 6 atom stereocenters. The van der Waals surface area contributed by atoms with Crippen LogP contribution in [0.2, 0.25) is 0 Å². The highest BCUT2D eigenvalue weighted by molar-refractivity contribution is 5.96. The van der Waals surface area contributed by atoms with Gasteiger partial charge in [0.1, 0.15) is 24.2 Å². The molecule has 0 aromatic heterocycles. The lowest BCUT2D eigenvalue weighted by atomic mass is 9.94. The predicted octanol–water partition coefficient (Wildman–Crippen LogP) is 1.32. The van der Waals surface area contributed by atoms with Gasteiger partial charge in [-0.15, -0.1) is 0 Å². The molecule has 12 heteroatoms. The van der Waals surface area contributed by atoms with Crippen LogP contribution < -0.4 is 10.6 Å². The van der Waals surface area contributed by atoms with Crippen molar-refractivity contribution in [2.24, 2.45) is 17.8 Å². The number of hydrogen-bond donors (Lipinski definition) is 2. The fourth-order valence-electron chi connectivity index (χ4n) is 5.53. The maximum absolute atomic E-state index is 13.9. The van der Waals surface area contributed by atoms with E-state index in [4.69, 9.17) is 4.74 Å². The van der Waals surface area contributed by atoms with Crippen LogP contribution in [-0.4, -0.2) is 108 Å². The Bertz CT molecular complexity index is 1020. The SMILES string of the molecule is CC[C@H](C)[C@@H]1NC(=O)[C@@H]2CCCN2C(=O)[C@@H](CC(C)C)OC(=O)CCNC(=O)[C@H](C)N(C)C(=O)[C@H](C(C)C)N(C)C1=O. The van der Waals surface area contributed by atoms with E-state index in [0.29, 0.717) is 25.8 Å². The van der Waals surface area contributed by atoms with Crippen LogP contribution in [0.4, 0.5) is 0 Å². The van der Waals surface area contributed by atoms with Gasteiger partial charge in [-0.1, -0.05) is 48.0 Å². The Labute approximate surface area is 250 Å². The Morgan fingerprint density at radius 1 is 0.905 bits per heavy atom. The maximum atomic E-state index is 13.9. The lowest BCUT2D eigenvalue weighted by molar-refractivity contribution is -0.162. The summed E-state index contributed by atoms with van der Waals surface area (Å²) in [6.45, 7) is 13.1. The first-order valence-electron chi connectivity index (χ1n) is 15.2. The first kappa shape index (κ1) is 35.0. The van der Waals surface area contributed by atoms with E-state index in [1.807, 2.05) is 41.5 Å². The number of nitrogens with one attached hydrogen (secondary N) is 2. The predicted molar refractivity (Wildman–Crippen MR) is 157 cm³/mol. The summed E-state index contributed by atoms with van der Waals surface area (Å²) in [4.78, 5) is 84.6. The van der Waals surface area contributed by atoms with Crippen molar-refractivity contribution in [3.05, 3.63) is 0 Å². The van der Waals surface area contributed by atoms with E-state index in [1.54, 1.807) is 14.0 Å². The van der Waals surface area contributed by atoms with Crippen molar-refractivity contribution in [2.45, 2.75) is 111 Å². The van der Waals surface area contributed by atoms with Crippen LogP contribution in [0.25, 0.3) is 0 Å². The molecule has 2 aliphatic heterocycles. The summed E-state index contributed by atoms with van der Waals surface area (Å²) in [5.41, 5.74) is 0. The molecular weight excluding hydrogens is 542 g/mol. The molecule has 2 heterocycles. The van der Waals surface area contributed by atoms with Gasteiger partial charge in [-0.05, 0) is 43.9 Å². The molecule has 238 valence electrons. The third-order valence-corrected chi connectivity index (χ3v) is 8.44. The van der Waals surface area contributed by atoms with E-state index < -0.39 is 65.8 Å². The molecule has 0 aromatic carbocycles. The largest absolute Gasteiger partial charge is 0.452 e. The fraction of sp³-hybridized carbons (Fsp3) is 0.800. The smallest absolute Gasteiger partial charge is 0.308 e. The van der Waals surface area contributed by atoms with E-state index in [9.17, 15) is 28.8 Å². The molecular formula is C30H51N5O7. The van der Waals surface area contributed by atoms with Crippen LogP contribution in [-0.2, 0) is 33.5 Å². The summed E-state index contributed by atoms with van der Waals surface area (Å²) in [5.74, 6) is -3.36. The summed E-state index contributed by atoms with van der Waals surface area (Å²) >= 11 is 0. The maximum Gasteiger partial charge on any atom is 0.308 e. The Balaban J connectivity index is 2.54. The molecule has 0 spiro atoms. The molecule has 0 saturated carbocycles. The highest BCUT2D eigenvalue weighted by Gasteiger charge is 2.42. The van der Waals surface area contributed by atoms with Gasteiger partial charge in [-0.2, -0.15) is 0 Å². The Morgan fingerprint density at radius 2 is 1.55 bits per heavy atom. The van der Waals surface area contributed by atoms with E-state index in [2.05, 4.69) is 10.6 Å². The van der Waals surface area contributed by atoms with Gasteiger partial charge in [0, 0.05) is 27.2 Å². The molecule has 0 aliphatic carbocycles. The number of amides is 5. The lowest BCUT2D eigenvalue weighted by Crippen LogP contribution is -2.60. The topological polar surface area (TPSA) is 145 Å². The average Bonchev–Trinajstić information content (AvgIpc) is 3.42. The second-order valence-corrected chi connectivity index (χ2v) is 12.5. The van der Waals surface area contributed by atoms with Gasteiger partial charge in [0.25, 0.3) is 5.91 Å². The second-order valence-electron chi connectivity index (χ2n) is 12.5. The summed E-state index contributed by atoms with van der Waals surface area (Å²) in [6, 6.07) is -3.52. The van der Waals surface area contributed by atoms with Gasteiger partial charge < -0.3 is 30.1 Å². The molecule has 2 N–H and O–H groups in total. The van der Waals surface area contributed by atoms with E-state index in [1.165, 1.54) is 21.7 Å². The Hall–Kier alpha value is -3.18. The number of nitrogens with zero attached hydrogens (tertiary/aromatic N) is 3. The average molecular weight is 594 g/mol. The number of rotatable bonds is 5. The molecule has 2 saturated heterocycles. The van der Waals surface area contributed by atoms with Crippen LogP contribution >= 0.6 is 0 Å². The van der Waals surface area contributed by atoms with E-state index in [0.717, 1.165) is 0 Å². The van der Waals surface area contributed by atoms with Gasteiger partial charge in [-0.25, -0.2) is 0 Å². The summed E-state index contributed by atoms with van der Waals surface area (Å²) in [7, 11) is 3.04. The number of esters is 1. The zero-order valence-electron chi connectivity index (χ0n) is 26.8. The zero-order chi connectivity index (χ0) is 31.9. The number of carbonyl (C=O) groups excluding carboxylic acids is 6. The van der Waals surface area contributed by atoms with Gasteiger partial charge in [0.15, 0.2) is 6.10 Å². The third kappa shape index (κ3) is 8.44. The van der Waals surface area contributed by atoms with Crippen LogP contribution in [0.3, 0.4) is 0 Å². The monoisotopic (exact) mass is 593 g/mol. The van der Waals surface area contributed by atoms with Crippen molar-refractivity contribution in [2.75, 3.05) is 27.2 Å². The lowest BCUT2D eigenvalue weighted by Gasteiger charge is -2.38. The van der Waals surface area contributed by atoms with Crippen LogP contribution in [0.1, 0.15) is 80.6 Å². The summed E-state index contributed by atoms with van der Waals surface area (Å²) < 4.78 is 5.59. The van der Waals surface area contributed by atoms with Crippen molar-refractivity contribution >= 4 is 35.5 Å². The van der Waals surface area contributed by atoms with Crippen LogP contribution in [0, 0.1) is 17.8 Å². The zero-order valence-corrected chi connectivity index (χ0v) is 26.8. The van der Waals surface area contributed by atoms with Gasteiger partial charge >= 0.3 is 5.97 Å². The third-order valence-electron chi connectivity index (χ3n) is 8.44. The molecule has 0 aromatic rings. The van der Waals surface area contributed by atoms with Gasteiger partial charge in [-0.3, -0.25) is 28.8 Å². The molecule has 2 aliphatic rings. The minimum Gasteiger partial charge on any atom is -0.452 e. The normalized spacial score (nSPS) is 28.6. The van der Waals surface area contributed by atoms with Crippen molar-refractivity contribution in [1.82, 2.24) is 25.3 Å². The highest BCUT2D eigenvalue weighted by atomic mass is 16.5. The number of hydrogen-bond acceptors (Lipinski definition) is 7. The summed E-state index contributed by atoms with van der Waals surface area (Å²) in [6.07, 6.45) is 0.636. The van der Waals surface area contributed by atoms with Gasteiger partial charge in [0.05, 0.1) is 6.42 Å². The fourth-order valence-corrected chi connectivity index (χ4v) is 5.53. The Morgan fingerprint density at radius 3 is 2.12 bits per heavy atom. The molecule has 42 heavy (non-hydrogen) atoms. The number of fused-ring (bicyclic) bond motifs is 1. The summed E-state index contributed by atoms with van der Waals surface area (Å²) in [5, 5.41) is 5.57. The van der Waals surface area contributed by atoms with E-state index >= 15 is 0 Å². The van der Waals surface area contributed by atoms with Crippen LogP contribution in [0.15, 0.2) is 0 Å². The van der Waals surface area contributed by atoms with Crippen molar-refractivity contribution in [3.8, 4) is 0 Å². The first-order valence-corrected chi connectivity index (χ1v) is 15.2. The number of carbonyl (C=O) groups is 6. The highest BCUT2D eigenvalue weighted by Crippen LogP contribution is 2.24. The molecule has 5 amide bonds. The quantitative estimate of drug-likeness (QED) is 0.457. The van der Waals surface area contributed by atoms with Crippen molar-refractivity contribution in [3.63, 3.8) is 0 Å². The molecule has 0 unspecified atom stereocenters. The van der Waals surface area contributed by atoms with Crippen molar-refractivity contribution in [1.29, 1.82) is 0 Å². The number of cyclic esters (lactones) is 1. The van der Waals surface area contributed by atoms with Crippen LogP contribution in [0.5, 0.6) is 0 Å². The Kier molecular flexibility index (Phi) is 12.8. The minimum absolute atomic E-state index is 0.0358. The molecule has 0 radical (unpaired) electrons. The minimum atomic E-state index is -1.07. The second kappa shape index (κ2) is 15.3. The molecule has 12 nitrogen and oxygen atoms in total. The van der Waals surface area contributed by atoms with Gasteiger partial charge in [0.2, 0.25) is 23.6 Å². The van der Waals surface area contributed by atoms with Crippen molar-refractivity contribution < 1.29 is 33.5 Å². The molecule has 0 bridgehead atoms. The molecule has 2 rings (SSSR count).